The van der Waals surface area contributed by atoms with Crippen LogP contribution in [0.1, 0.15) is 56.8 Å². The normalized spacial score (nSPS) is 18.8. The summed E-state index contributed by atoms with van der Waals surface area (Å²) < 4.78 is 2.38. The number of aromatic nitrogens is 2. The molecule has 0 spiro atoms. The van der Waals surface area contributed by atoms with Gasteiger partial charge in [-0.25, -0.2) is 4.98 Å². The van der Waals surface area contributed by atoms with Crippen LogP contribution in [0.15, 0.2) is 24.3 Å². The highest BCUT2D eigenvalue weighted by Gasteiger charge is 2.23. The molecule has 1 aliphatic rings. The van der Waals surface area contributed by atoms with Gasteiger partial charge in [0.1, 0.15) is 5.82 Å². The van der Waals surface area contributed by atoms with Crippen LogP contribution in [-0.4, -0.2) is 16.1 Å². The van der Waals surface area contributed by atoms with E-state index in [0.717, 1.165) is 5.52 Å². The van der Waals surface area contributed by atoms with E-state index in [1.807, 2.05) is 0 Å². The lowest BCUT2D eigenvalue weighted by Gasteiger charge is -2.24. The molecule has 1 aromatic carbocycles. The molecule has 1 unspecified atom stereocenters. The highest BCUT2D eigenvalue weighted by atomic mass is 15.1. The topological polar surface area (TPSA) is 43.8 Å². The van der Waals surface area contributed by atoms with E-state index in [9.17, 15) is 0 Å². The quantitative estimate of drug-likeness (QED) is 0.913. The highest BCUT2D eigenvalue weighted by molar-refractivity contribution is 5.76. The van der Waals surface area contributed by atoms with Gasteiger partial charge >= 0.3 is 0 Å². The second kappa shape index (κ2) is 5.33. The molecule has 102 valence electrons. The Labute approximate surface area is 114 Å². The van der Waals surface area contributed by atoms with E-state index in [0.29, 0.717) is 18.5 Å². The maximum absolute atomic E-state index is 5.90. The zero-order valence-electron chi connectivity index (χ0n) is 11.7. The van der Waals surface area contributed by atoms with Crippen molar-refractivity contribution in [2.24, 2.45) is 5.73 Å². The van der Waals surface area contributed by atoms with Gasteiger partial charge in [-0.15, -0.1) is 0 Å². The Hall–Kier alpha value is -1.35. The van der Waals surface area contributed by atoms with E-state index in [1.165, 1.54) is 43.4 Å². The number of hydrogen-bond acceptors (Lipinski definition) is 2. The van der Waals surface area contributed by atoms with Crippen molar-refractivity contribution in [3.63, 3.8) is 0 Å². The molecule has 2 aromatic rings. The smallest absolute Gasteiger partial charge is 0.113 e. The van der Waals surface area contributed by atoms with Crippen molar-refractivity contribution in [3.8, 4) is 0 Å². The summed E-state index contributed by atoms with van der Waals surface area (Å²) in [6.45, 7) is 2.86. The van der Waals surface area contributed by atoms with E-state index in [2.05, 4.69) is 35.8 Å². The molecule has 0 amide bonds. The van der Waals surface area contributed by atoms with Crippen LogP contribution in [0.2, 0.25) is 0 Å². The van der Waals surface area contributed by atoms with Crippen molar-refractivity contribution in [2.75, 3.05) is 6.54 Å². The van der Waals surface area contributed by atoms with Gasteiger partial charge in [-0.1, -0.05) is 31.4 Å². The third-order valence-electron chi connectivity index (χ3n) is 4.38. The summed E-state index contributed by atoms with van der Waals surface area (Å²) in [4.78, 5) is 4.91. The molecule has 1 heterocycles. The molecule has 2 N–H and O–H groups in total. The lowest BCUT2D eigenvalue weighted by molar-refractivity contribution is 0.406. The molecular weight excluding hydrogens is 234 g/mol. The van der Waals surface area contributed by atoms with Gasteiger partial charge in [0.2, 0.25) is 0 Å². The third-order valence-corrected chi connectivity index (χ3v) is 4.38. The molecule has 1 aliphatic carbocycles. The fraction of sp³-hybridized carbons (Fsp3) is 0.562. The number of fused-ring (bicyclic) bond motifs is 1. The van der Waals surface area contributed by atoms with Gasteiger partial charge in [0.05, 0.1) is 11.0 Å². The standard InChI is InChI=1S/C16H23N3/c1-12(11-17)19-15-10-6-5-9-14(15)18-16(19)13-7-3-2-4-8-13/h5-6,9-10,12-13H,2-4,7-8,11,17H2,1H3. The molecule has 0 bridgehead atoms. The second-order valence-corrected chi connectivity index (χ2v) is 5.75. The van der Waals surface area contributed by atoms with Crippen LogP contribution < -0.4 is 5.73 Å². The van der Waals surface area contributed by atoms with E-state index < -0.39 is 0 Å². The molecule has 1 fully saturated rings. The van der Waals surface area contributed by atoms with Gasteiger partial charge in [-0.2, -0.15) is 0 Å². The molecule has 0 saturated heterocycles. The fourth-order valence-electron chi connectivity index (χ4n) is 3.28. The van der Waals surface area contributed by atoms with Crippen molar-refractivity contribution < 1.29 is 0 Å². The summed E-state index contributed by atoms with van der Waals surface area (Å²) in [6, 6.07) is 8.76. The van der Waals surface area contributed by atoms with Gasteiger partial charge in [0, 0.05) is 18.5 Å². The molecule has 1 saturated carbocycles. The first kappa shape index (κ1) is 12.7. The van der Waals surface area contributed by atoms with Crippen LogP contribution in [0, 0.1) is 0 Å². The van der Waals surface area contributed by atoms with Gasteiger partial charge in [-0.05, 0) is 31.9 Å². The first-order valence-corrected chi connectivity index (χ1v) is 7.48. The minimum Gasteiger partial charge on any atom is -0.328 e. The number of rotatable bonds is 3. The predicted octanol–water partition coefficient (Wildman–Crippen LogP) is 3.60. The average Bonchev–Trinajstić information content (AvgIpc) is 2.87. The van der Waals surface area contributed by atoms with Crippen molar-refractivity contribution in [1.29, 1.82) is 0 Å². The molecule has 3 rings (SSSR count). The maximum atomic E-state index is 5.90. The van der Waals surface area contributed by atoms with Crippen molar-refractivity contribution in [2.45, 2.75) is 51.0 Å². The summed E-state index contributed by atoms with van der Waals surface area (Å²) in [7, 11) is 0. The Bertz CT molecular complexity index is 552. The van der Waals surface area contributed by atoms with Crippen LogP contribution in [0.3, 0.4) is 0 Å². The molecule has 3 nitrogen and oxygen atoms in total. The molecular formula is C16H23N3. The number of hydrogen-bond donors (Lipinski definition) is 1. The number of benzene rings is 1. The van der Waals surface area contributed by atoms with E-state index >= 15 is 0 Å². The van der Waals surface area contributed by atoms with Crippen LogP contribution >= 0.6 is 0 Å². The number of nitrogens with zero attached hydrogens (tertiary/aromatic N) is 2. The number of nitrogens with two attached hydrogens (primary N) is 1. The molecule has 0 radical (unpaired) electrons. The molecule has 1 atom stereocenters. The first-order valence-electron chi connectivity index (χ1n) is 7.48. The van der Waals surface area contributed by atoms with E-state index in [-0.39, 0.29) is 0 Å². The fourth-order valence-corrected chi connectivity index (χ4v) is 3.28. The SMILES string of the molecule is CC(CN)n1c(C2CCCCC2)nc2ccccc21. The van der Waals surface area contributed by atoms with Crippen molar-refractivity contribution in [3.05, 3.63) is 30.1 Å². The van der Waals surface area contributed by atoms with Gasteiger partial charge in [0.15, 0.2) is 0 Å². The molecule has 0 aliphatic heterocycles. The van der Waals surface area contributed by atoms with Gasteiger partial charge < -0.3 is 10.3 Å². The molecule has 1 aromatic heterocycles. The zero-order valence-corrected chi connectivity index (χ0v) is 11.7. The average molecular weight is 257 g/mol. The Morgan fingerprint density at radius 2 is 2.00 bits per heavy atom. The number of imidazole rings is 1. The summed E-state index contributed by atoms with van der Waals surface area (Å²) >= 11 is 0. The van der Waals surface area contributed by atoms with E-state index in [4.69, 9.17) is 10.7 Å². The van der Waals surface area contributed by atoms with Gasteiger partial charge in [-0.3, -0.25) is 0 Å². The van der Waals surface area contributed by atoms with Crippen LogP contribution in [0.25, 0.3) is 11.0 Å². The Balaban J connectivity index is 2.10. The largest absolute Gasteiger partial charge is 0.328 e. The Morgan fingerprint density at radius 3 is 2.74 bits per heavy atom. The predicted molar refractivity (Wildman–Crippen MR) is 79.3 cm³/mol. The lowest BCUT2D eigenvalue weighted by atomic mass is 9.88. The van der Waals surface area contributed by atoms with E-state index in [1.54, 1.807) is 0 Å². The first-order chi connectivity index (χ1) is 9.31. The lowest BCUT2D eigenvalue weighted by Crippen LogP contribution is -2.20. The van der Waals surface area contributed by atoms with Crippen molar-refractivity contribution in [1.82, 2.24) is 9.55 Å². The molecule has 19 heavy (non-hydrogen) atoms. The van der Waals surface area contributed by atoms with Crippen molar-refractivity contribution >= 4 is 11.0 Å². The summed E-state index contributed by atoms with van der Waals surface area (Å²) in [6.07, 6.45) is 6.61. The van der Waals surface area contributed by atoms with Crippen LogP contribution in [0.5, 0.6) is 0 Å². The minimum absolute atomic E-state index is 0.323. The van der Waals surface area contributed by atoms with Crippen LogP contribution in [-0.2, 0) is 0 Å². The summed E-state index contributed by atoms with van der Waals surface area (Å²) in [5.74, 6) is 1.88. The van der Waals surface area contributed by atoms with Crippen LogP contribution in [0.4, 0.5) is 0 Å². The monoisotopic (exact) mass is 257 g/mol. The highest BCUT2D eigenvalue weighted by Crippen LogP contribution is 2.35. The molecule has 3 heteroatoms. The Kier molecular flexibility index (Phi) is 3.56. The zero-order chi connectivity index (χ0) is 13.2. The number of para-hydroxylation sites is 2. The maximum Gasteiger partial charge on any atom is 0.113 e. The Morgan fingerprint density at radius 1 is 1.26 bits per heavy atom. The third kappa shape index (κ3) is 2.27. The second-order valence-electron chi connectivity index (χ2n) is 5.75. The summed E-state index contributed by atoms with van der Waals surface area (Å²) in [5, 5.41) is 0. The van der Waals surface area contributed by atoms with Gasteiger partial charge in [0.25, 0.3) is 0 Å². The summed E-state index contributed by atoms with van der Waals surface area (Å²) in [5.41, 5.74) is 8.26. The minimum atomic E-state index is 0.323.